The van der Waals surface area contributed by atoms with E-state index in [4.69, 9.17) is 5.73 Å². The molecule has 0 bridgehead atoms. The zero-order valence-electron chi connectivity index (χ0n) is 11.2. The van der Waals surface area contributed by atoms with Crippen LogP contribution in [-0.2, 0) is 6.54 Å². The molecule has 0 saturated carbocycles. The lowest BCUT2D eigenvalue weighted by atomic mass is 10.0. The Kier molecular flexibility index (Phi) is 4.81. The zero-order chi connectivity index (χ0) is 12.8. The molecule has 0 aliphatic carbocycles. The minimum Gasteiger partial charge on any atom is -0.320 e. The Balaban J connectivity index is 2.04. The van der Waals surface area contributed by atoms with Gasteiger partial charge in [0.2, 0.25) is 0 Å². The third kappa shape index (κ3) is 3.60. The van der Waals surface area contributed by atoms with E-state index in [0.29, 0.717) is 12.6 Å². The second kappa shape index (κ2) is 6.58. The molecule has 1 atom stereocenters. The zero-order valence-corrected chi connectivity index (χ0v) is 11.2. The van der Waals surface area contributed by atoms with E-state index in [9.17, 15) is 0 Å². The largest absolute Gasteiger partial charge is 0.320 e. The first-order valence-corrected chi connectivity index (χ1v) is 6.81. The maximum Gasteiger partial charge on any atom is 0.0555 e. The highest BCUT2D eigenvalue weighted by Gasteiger charge is 2.17. The number of rotatable bonds is 2. The van der Waals surface area contributed by atoms with Gasteiger partial charge in [-0.25, -0.2) is 0 Å². The molecular weight excluding hydrogens is 220 g/mol. The monoisotopic (exact) mass is 242 g/mol. The highest BCUT2D eigenvalue weighted by Crippen LogP contribution is 2.19. The molecule has 0 aromatic heterocycles. The Morgan fingerprint density at radius 1 is 1.39 bits per heavy atom. The van der Waals surface area contributed by atoms with E-state index in [0.717, 1.165) is 12.1 Å². The quantitative estimate of drug-likeness (QED) is 0.807. The summed E-state index contributed by atoms with van der Waals surface area (Å²) < 4.78 is 0. The van der Waals surface area contributed by atoms with Crippen LogP contribution in [0.25, 0.3) is 0 Å². The first-order chi connectivity index (χ1) is 8.79. The molecule has 1 aromatic rings. The molecule has 1 aliphatic rings. The van der Waals surface area contributed by atoms with Crippen LogP contribution in [-0.4, -0.2) is 24.0 Å². The van der Waals surface area contributed by atoms with Gasteiger partial charge in [0.05, 0.1) is 6.54 Å². The van der Waals surface area contributed by atoms with Crippen molar-refractivity contribution in [2.75, 3.05) is 13.1 Å². The van der Waals surface area contributed by atoms with Crippen molar-refractivity contribution in [3.05, 3.63) is 35.4 Å². The Labute approximate surface area is 110 Å². The molecule has 96 valence electrons. The normalized spacial score (nSPS) is 20.2. The van der Waals surface area contributed by atoms with Crippen molar-refractivity contribution in [3.63, 3.8) is 0 Å². The number of hydrogen-bond donors (Lipinski definition) is 1. The van der Waals surface area contributed by atoms with Crippen molar-refractivity contribution in [1.82, 2.24) is 4.90 Å². The molecule has 1 fully saturated rings. The van der Waals surface area contributed by atoms with Gasteiger partial charge >= 0.3 is 0 Å². The molecule has 0 spiro atoms. The fourth-order valence-electron chi connectivity index (χ4n) is 2.53. The minimum atomic E-state index is 0.424. The van der Waals surface area contributed by atoms with Gasteiger partial charge < -0.3 is 5.73 Å². The number of benzene rings is 1. The van der Waals surface area contributed by atoms with Gasteiger partial charge in [-0.15, -0.1) is 0 Å². The summed E-state index contributed by atoms with van der Waals surface area (Å²) in [4.78, 5) is 2.57. The molecule has 0 radical (unpaired) electrons. The fourth-order valence-corrected chi connectivity index (χ4v) is 2.53. The van der Waals surface area contributed by atoms with E-state index in [1.54, 1.807) is 0 Å². The van der Waals surface area contributed by atoms with Crippen LogP contribution in [0.3, 0.4) is 0 Å². The molecule has 1 aromatic carbocycles. The average molecular weight is 242 g/mol. The van der Waals surface area contributed by atoms with Crippen LogP contribution < -0.4 is 5.73 Å². The van der Waals surface area contributed by atoms with E-state index >= 15 is 0 Å². The first kappa shape index (κ1) is 13.1. The lowest BCUT2D eigenvalue weighted by Gasteiger charge is -2.33. The maximum atomic E-state index is 5.40. The second-order valence-corrected chi connectivity index (χ2v) is 5.02. The molecule has 0 amide bonds. The van der Waals surface area contributed by atoms with Crippen LogP contribution in [0.15, 0.2) is 24.3 Å². The summed E-state index contributed by atoms with van der Waals surface area (Å²) in [5.41, 5.74) is 7.83. The lowest BCUT2D eigenvalue weighted by molar-refractivity contribution is 0.152. The Bertz CT molecular complexity index is 442. The van der Waals surface area contributed by atoms with Crippen LogP contribution in [0.2, 0.25) is 0 Å². The van der Waals surface area contributed by atoms with Crippen LogP contribution >= 0.6 is 0 Å². The smallest absolute Gasteiger partial charge is 0.0555 e. The summed E-state index contributed by atoms with van der Waals surface area (Å²) >= 11 is 0. The van der Waals surface area contributed by atoms with E-state index in [2.05, 4.69) is 41.9 Å². The summed E-state index contributed by atoms with van der Waals surface area (Å²) in [5.74, 6) is 6.01. The van der Waals surface area contributed by atoms with Gasteiger partial charge in [-0.1, -0.05) is 30.4 Å². The van der Waals surface area contributed by atoms with Gasteiger partial charge in [0.25, 0.3) is 0 Å². The van der Waals surface area contributed by atoms with Crippen LogP contribution in [0.5, 0.6) is 0 Å². The van der Waals surface area contributed by atoms with Crippen LogP contribution in [0.4, 0.5) is 0 Å². The Morgan fingerprint density at radius 2 is 2.28 bits per heavy atom. The number of piperidine rings is 1. The molecule has 2 nitrogen and oxygen atoms in total. The number of nitrogens with zero attached hydrogens (tertiary/aromatic N) is 1. The Morgan fingerprint density at radius 3 is 3.06 bits per heavy atom. The van der Waals surface area contributed by atoms with Crippen molar-refractivity contribution in [1.29, 1.82) is 0 Å². The number of likely N-dealkylation sites (tertiary alicyclic amines) is 1. The molecule has 2 heteroatoms. The molecule has 1 aliphatic heterocycles. The SMILES string of the molecule is CC1CCCCN1Cc1cccc(C#CCN)c1. The van der Waals surface area contributed by atoms with Gasteiger partial charge in [-0.2, -0.15) is 0 Å². The highest BCUT2D eigenvalue weighted by molar-refractivity contribution is 5.37. The van der Waals surface area contributed by atoms with Crippen LogP contribution in [0.1, 0.15) is 37.3 Å². The van der Waals surface area contributed by atoms with Crippen molar-refractivity contribution in [2.45, 2.75) is 38.8 Å². The van der Waals surface area contributed by atoms with Gasteiger partial charge in [-0.3, -0.25) is 4.90 Å². The summed E-state index contributed by atoms with van der Waals surface area (Å²) in [7, 11) is 0. The summed E-state index contributed by atoms with van der Waals surface area (Å²) in [6.45, 7) is 5.02. The molecule has 1 heterocycles. The van der Waals surface area contributed by atoms with E-state index in [-0.39, 0.29) is 0 Å². The van der Waals surface area contributed by atoms with Gasteiger partial charge in [-0.05, 0) is 44.0 Å². The van der Waals surface area contributed by atoms with Gasteiger partial charge in [0.15, 0.2) is 0 Å². The van der Waals surface area contributed by atoms with E-state index in [1.165, 1.54) is 31.4 Å². The van der Waals surface area contributed by atoms with Gasteiger partial charge in [0, 0.05) is 18.2 Å². The maximum absolute atomic E-state index is 5.40. The van der Waals surface area contributed by atoms with Gasteiger partial charge in [0.1, 0.15) is 0 Å². The number of nitrogens with two attached hydrogens (primary N) is 1. The molecule has 1 unspecified atom stereocenters. The average Bonchev–Trinajstić information content (AvgIpc) is 2.40. The number of hydrogen-bond acceptors (Lipinski definition) is 2. The van der Waals surface area contributed by atoms with Crippen molar-refractivity contribution in [3.8, 4) is 11.8 Å². The first-order valence-electron chi connectivity index (χ1n) is 6.81. The van der Waals surface area contributed by atoms with E-state index in [1.807, 2.05) is 6.07 Å². The van der Waals surface area contributed by atoms with Crippen molar-refractivity contribution < 1.29 is 0 Å². The highest BCUT2D eigenvalue weighted by atomic mass is 15.2. The minimum absolute atomic E-state index is 0.424. The van der Waals surface area contributed by atoms with Crippen molar-refractivity contribution in [2.24, 2.45) is 5.73 Å². The standard InChI is InChI=1S/C16H22N2/c1-14-6-2-3-11-18(14)13-16-8-4-7-15(12-16)9-5-10-17/h4,7-8,12,14H,2-3,6,10-11,13,17H2,1H3. The van der Waals surface area contributed by atoms with E-state index < -0.39 is 0 Å². The molecule has 2 rings (SSSR count). The summed E-state index contributed by atoms with van der Waals surface area (Å²) in [5, 5.41) is 0. The molecule has 2 N–H and O–H groups in total. The summed E-state index contributed by atoms with van der Waals surface area (Å²) in [6.07, 6.45) is 4.03. The molecular formula is C16H22N2. The molecule has 18 heavy (non-hydrogen) atoms. The fraction of sp³-hybridized carbons (Fsp3) is 0.500. The third-order valence-corrected chi connectivity index (χ3v) is 3.59. The predicted molar refractivity (Wildman–Crippen MR) is 76.1 cm³/mol. The predicted octanol–water partition coefficient (Wildman–Crippen LogP) is 2.37. The lowest BCUT2D eigenvalue weighted by Crippen LogP contribution is -2.36. The molecule has 1 saturated heterocycles. The second-order valence-electron chi connectivity index (χ2n) is 5.02. The topological polar surface area (TPSA) is 29.3 Å². The van der Waals surface area contributed by atoms with Crippen LogP contribution in [0, 0.1) is 11.8 Å². The third-order valence-electron chi connectivity index (χ3n) is 3.59. The summed E-state index contributed by atoms with van der Waals surface area (Å²) in [6, 6.07) is 9.22. The Hall–Kier alpha value is -1.30. The van der Waals surface area contributed by atoms with Crippen molar-refractivity contribution >= 4 is 0 Å².